The highest BCUT2D eigenvalue weighted by atomic mass is 16.2. The lowest BCUT2D eigenvalue weighted by Gasteiger charge is -2.28. The maximum atomic E-state index is 12.1. The lowest BCUT2D eigenvalue weighted by Crippen LogP contribution is -2.41. The van der Waals surface area contributed by atoms with Crippen molar-refractivity contribution in [3.63, 3.8) is 0 Å². The summed E-state index contributed by atoms with van der Waals surface area (Å²) < 4.78 is 0. The van der Waals surface area contributed by atoms with E-state index in [1.807, 2.05) is 0 Å². The Labute approximate surface area is 90.5 Å². The monoisotopic (exact) mass is 212 g/mol. The van der Waals surface area contributed by atoms with E-state index in [0.29, 0.717) is 6.54 Å². The highest BCUT2D eigenvalue weighted by Gasteiger charge is 2.41. The van der Waals surface area contributed by atoms with Crippen molar-refractivity contribution in [2.45, 2.75) is 25.7 Å². The van der Waals surface area contributed by atoms with Gasteiger partial charge in [0.25, 0.3) is 0 Å². The van der Waals surface area contributed by atoms with E-state index >= 15 is 0 Å². The summed E-state index contributed by atoms with van der Waals surface area (Å²) in [6.07, 6.45) is 3.95. The molecule has 1 fully saturated rings. The minimum Gasteiger partial charge on any atom is -0.370 e. The molecule has 0 spiro atoms. The average molecular weight is 212 g/mol. The van der Waals surface area contributed by atoms with Crippen molar-refractivity contribution in [1.29, 1.82) is 0 Å². The zero-order valence-electron chi connectivity index (χ0n) is 9.49. The minimum atomic E-state index is -0.354. The van der Waals surface area contributed by atoms with Gasteiger partial charge >= 0.3 is 0 Å². The van der Waals surface area contributed by atoms with E-state index in [1.165, 1.54) is 0 Å². The number of hydrogen-bond acceptors (Lipinski definition) is 2. The Balaban J connectivity index is 2.79. The quantitative estimate of drug-likeness (QED) is 0.506. The van der Waals surface area contributed by atoms with Gasteiger partial charge in [0, 0.05) is 14.1 Å². The van der Waals surface area contributed by atoms with Gasteiger partial charge in [-0.3, -0.25) is 9.79 Å². The Hall–Kier alpha value is -1.26. The molecule has 86 valence electrons. The second-order valence-corrected chi connectivity index (χ2v) is 4.43. The number of carbonyl (C=O) groups excluding carboxylic acids is 1. The molecule has 0 aromatic rings. The van der Waals surface area contributed by atoms with Gasteiger partial charge in [-0.2, -0.15) is 0 Å². The SMILES string of the molecule is CN(C)C(=O)C1(CN=C(N)N)CCCC1. The van der Waals surface area contributed by atoms with Crippen molar-refractivity contribution < 1.29 is 4.79 Å². The van der Waals surface area contributed by atoms with E-state index in [1.54, 1.807) is 19.0 Å². The third-order valence-electron chi connectivity index (χ3n) is 2.98. The van der Waals surface area contributed by atoms with Crippen molar-refractivity contribution in [3.05, 3.63) is 0 Å². The van der Waals surface area contributed by atoms with Gasteiger partial charge < -0.3 is 16.4 Å². The largest absolute Gasteiger partial charge is 0.370 e. The molecule has 1 rings (SSSR count). The van der Waals surface area contributed by atoms with Crippen LogP contribution in [0.3, 0.4) is 0 Å². The third kappa shape index (κ3) is 2.61. The zero-order valence-corrected chi connectivity index (χ0v) is 9.49. The van der Waals surface area contributed by atoms with Crippen LogP contribution < -0.4 is 11.5 Å². The summed E-state index contributed by atoms with van der Waals surface area (Å²) in [4.78, 5) is 17.7. The minimum absolute atomic E-state index is 0.0628. The van der Waals surface area contributed by atoms with Gasteiger partial charge in [0.1, 0.15) is 0 Å². The van der Waals surface area contributed by atoms with Crippen LogP contribution in [0.25, 0.3) is 0 Å². The van der Waals surface area contributed by atoms with E-state index < -0.39 is 0 Å². The number of aliphatic imine (C=N–C) groups is 1. The Kier molecular flexibility index (Phi) is 3.55. The molecule has 5 heteroatoms. The molecule has 0 unspecified atom stereocenters. The van der Waals surface area contributed by atoms with E-state index in [4.69, 9.17) is 11.5 Å². The lowest BCUT2D eigenvalue weighted by molar-refractivity contribution is -0.138. The molecular formula is C10H20N4O. The first-order valence-electron chi connectivity index (χ1n) is 5.25. The molecule has 0 atom stereocenters. The van der Waals surface area contributed by atoms with Gasteiger partial charge in [0.05, 0.1) is 12.0 Å². The van der Waals surface area contributed by atoms with Crippen LogP contribution in [-0.4, -0.2) is 37.4 Å². The summed E-state index contributed by atoms with van der Waals surface area (Å²) in [6, 6.07) is 0. The molecule has 0 saturated heterocycles. The van der Waals surface area contributed by atoms with Crippen molar-refractivity contribution in [2.75, 3.05) is 20.6 Å². The van der Waals surface area contributed by atoms with Crippen LogP contribution in [0, 0.1) is 5.41 Å². The van der Waals surface area contributed by atoms with Gasteiger partial charge in [0.2, 0.25) is 5.91 Å². The van der Waals surface area contributed by atoms with Gasteiger partial charge in [-0.05, 0) is 12.8 Å². The van der Waals surface area contributed by atoms with Crippen LogP contribution in [0.5, 0.6) is 0 Å². The lowest BCUT2D eigenvalue weighted by atomic mass is 9.85. The number of amides is 1. The molecule has 1 aliphatic rings. The summed E-state index contributed by atoms with van der Waals surface area (Å²) in [6.45, 7) is 0.423. The first kappa shape index (κ1) is 11.8. The molecule has 4 N–H and O–H groups in total. The van der Waals surface area contributed by atoms with Crippen molar-refractivity contribution in [1.82, 2.24) is 4.90 Å². The highest BCUT2D eigenvalue weighted by Crippen LogP contribution is 2.39. The smallest absolute Gasteiger partial charge is 0.230 e. The molecule has 0 heterocycles. The van der Waals surface area contributed by atoms with Crippen molar-refractivity contribution in [3.8, 4) is 0 Å². The molecule has 15 heavy (non-hydrogen) atoms. The molecule has 1 amide bonds. The van der Waals surface area contributed by atoms with Crippen LogP contribution in [0.15, 0.2) is 4.99 Å². The third-order valence-corrected chi connectivity index (χ3v) is 2.98. The molecule has 0 aliphatic heterocycles. The Bertz CT molecular complexity index is 263. The topological polar surface area (TPSA) is 84.7 Å². The van der Waals surface area contributed by atoms with E-state index in [-0.39, 0.29) is 17.3 Å². The molecule has 1 aliphatic carbocycles. The molecule has 5 nitrogen and oxygen atoms in total. The average Bonchev–Trinajstić information content (AvgIpc) is 2.63. The standard InChI is InChI=1S/C10H20N4O/c1-14(2)8(15)10(5-3-4-6-10)7-13-9(11)12/h3-7H2,1-2H3,(H4,11,12,13). The Morgan fingerprint density at radius 1 is 1.33 bits per heavy atom. The number of nitrogens with two attached hydrogens (primary N) is 2. The Morgan fingerprint density at radius 3 is 2.27 bits per heavy atom. The fourth-order valence-corrected chi connectivity index (χ4v) is 2.21. The van der Waals surface area contributed by atoms with Crippen LogP contribution in [-0.2, 0) is 4.79 Å². The summed E-state index contributed by atoms with van der Waals surface area (Å²) in [5.41, 5.74) is 10.3. The molecular weight excluding hydrogens is 192 g/mol. The van der Waals surface area contributed by atoms with E-state index in [0.717, 1.165) is 25.7 Å². The number of hydrogen-bond donors (Lipinski definition) is 2. The highest BCUT2D eigenvalue weighted by molar-refractivity contribution is 5.83. The van der Waals surface area contributed by atoms with Crippen molar-refractivity contribution in [2.24, 2.45) is 21.9 Å². The fraction of sp³-hybridized carbons (Fsp3) is 0.800. The number of rotatable bonds is 3. The fourth-order valence-electron chi connectivity index (χ4n) is 2.21. The molecule has 0 radical (unpaired) electrons. The van der Waals surface area contributed by atoms with Gasteiger partial charge in [-0.15, -0.1) is 0 Å². The molecule has 1 saturated carbocycles. The number of guanidine groups is 1. The summed E-state index contributed by atoms with van der Waals surface area (Å²) >= 11 is 0. The second kappa shape index (κ2) is 4.51. The first-order valence-corrected chi connectivity index (χ1v) is 5.25. The van der Waals surface area contributed by atoms with Crippen LogP contribution in [0.1, 0.15) is 25.7 Å². The maximum Gasteiger partial charge on any atom is 0.230 e. The molecule has 0 bridgehead atoms. The predicted molar refractivity (Wildman–Crippen MR) is 60.3 cm³/mol. The van der Waals surface area contributed by atoms with Crippen LogP contribution in [0.4, 0.5) is 0 Å². The normalized spacial score (nSPS) is 18.5. The summed E-state index contributed by atoms with van der Waals surface area (Å²) in [5, 5.41) is 0. The van der Waals surface area contributed by atoms with E-state index in [9.17, 15) is 4.79 Å². The Morgan fingerprint density at radius 2 is 1.87 bits per heavy atom. The number of carbonyl (C=O) groups is 1. The summed E-state index contributed by atoms with van der Waals surface area (Å²) in [5.74, 6) is 0.206. The van der Waals surface area contributed by atoms with Gasteiger partial charge in [-0.25, -0.2) is 0 Å². The predicted octanol–water partition coefficient (Wildman–Crippen LogP) is -0.0916. The van der Waals surface area contributed by atoms with E-state index in [2.05, 4.69) is 4.99 Å². The number of nitrogens with zero attached hydrogens (tertiary/aromatic N) is 2. The summed E-state index contributed by atoms with van der Waals surface area (Å²) in [7, 11) is 3.55. The molecule has 0 aromatic carbocycles. The van der Waals surface area contributed by atoms with Crippen LogP contribution >= 0.6 is 0 Å². The molecule has 0 aromatic heterocycles. The zero-order chi connectivity index (χ0) is 11.5. The maximum absolute atomic E-state index is 12.1. The van der Waals surface area contributed by atoms with Gasteiger partial charge in [-0.1, -0.05) is 12.8 Å². The first-order chi connectivity index (χ1) is 6.98. The van der Waals surface area contributed by atoms with Gasteiger partial charge in [0.15, 0.2) is 5.96 Å². The van der Waals surface area contributed by atoms with Crippen molar-refractivity contribution >= 4 is 11.9 Å². The second-order valence-electron chi connectivity index (χ2n) is 4.43. The van der Waals surface area contributed by atoms with Crippen LogP contribution in [0.2, 0.25) is 0 Å².